The molecule has 0 radical (unpaired) electrons. The third-order valence-electron chi connectivity index (χ3n) is 2.44. The summed E-state index contributed by atoms with van der Waals surface area (Å²) in [4.78, 5) is 24.5. The molecule has 0 saturated carbocycles. The lowest BCUT2D eigenvalue weighted by atomic mass is 10.1. The third kappa shape index (κ3) is 6.97. The Kier molecular flexibility index (Phi) is 6.85. The zero-order valence-corrected chi connectivity index (χ0v) is 11.6. The molecule has 17 heavy (non-hydrogen) atoms. The predicted octanol–water partition coefficient (Wildman–Crippen LogP) is 2.24. The lowest BCUT2D eigenvalue weighted by Gasteiger charge is -2.27. The number of carbonyl (C=O) groups excluding carboxylic acids is 1. The molecule has 0 spiro atoms. The monoisotopic (exact) mass is 243 g/mol. The molecule has 0 aromatic carbocycles. The van der Waals surface area contributed by atoms with Crippen LogP contribution >= 0.6 is 0 Å². The number of rotatable bonds is 7. The van der Waals surface area contributed by atoms with Crippen molar-refractivity contribution in [1.29, 1.82) is 0 Å². The fourth-order valence-corrected chi connectivity index (χ4v) is 1.61. The van der Waals surface area contributed by atoms with Crippen LogP contribution < -0.4 is 0 Å². The second kappa shape index (κ2) is 7.30. The van der Waals surface area contributed by atoms with Crippen LogP contribution in [0.15, 0.2) is 0 Å². The second-order valence-electron chi connectivity index (χ2n) is 5.53. The fraction of sp³-hybridized carbons (Fsp3) is 0.846. The Balaban J connectivity index is 4.52. The van der Waals surface area contributed by atoms with E-state index in [4.69, 9.17) is 5.11 Å². The number of hydrogen-bond donors (Lipinski definition) is 1. The molecule has 0 aliphatic carbocycles. The summed E-state index contributed by atoms with van der Waals surface area (Å²) < 4.78 is 0. The van der Waals surface area contributed by atoms with Crippen molar-refractivity contribution in [2.45, 2.75) is 41.0 Å². The summed E-state index contributed by atoms with van der Waals surface area (Å²) in [6.07, 6.45) is 0.485. The molecule has 1 amide bonds. The molecule has 0 saturated heterocycles. The first-order valence-electron chi connectivity index (χ1n) is 6.24. The standard InChI is InChI=1S/C13H25NO3/c1-9(2)6-12(15)14(7-10(3)4)8-11(5)13(16)17/h9-11H,6-8H2,1-5H3,(H,16,17). The van der Waals surface area contributed by atoms with E-state index in [9.17, 15) is 9.59 Å². The quantitative estimate of drug-likeness (QED) is 0.746. The molecule has 1 N–H and O–H groups in total. The largest absolute Gasteiger partial charge is 0.481 e. The Hall–Kier alpha value is -1.06. The van der Waals surface area contributed by atoms with Gasteiger partial charge in [0.25, 0.3) is 0 Å². The minimum Gasteiger partial charge on any atom is -0.481 e. The average Bonchev–Trinajstić information content (AvgIpc) is 2.14. The molecule has 0 bridgehead atoms. The van der Waals surface area contributed by atoms with Gasteiger partial charge in [-0.1, -0.05) is 34.6 Å². The van der Waals surface area contributed by atoms with Crippen molar-refractivity contribution in [2.24, 2.45) is 17.8 Å². The third-order valence-corrected chi connectivity index (χ3v) is 2.44. The fourth-order valence-electron chi connectivity index (χ4n) is 1.61. The summed E-state index contributed by atoms with van der Waals surface area (Å²) >= 11 is 0. The Morgan fingerprint density at radius 1 is 1.00 bits per heavy atom. The lowest BCUT2D eigenvalue weighted by Crippen LogP contribution is -2.39. The van der Waals surface area contributed by atoms with E-state index >= 15 is 0 Å². The van der Waals surface area contributed by atoms with Crippen LogP contribution in [0.3, 0.4) is 0 Å². The van der Waals surface area contributed by atoms with E-state index in [2.05, 4.69) is 0 Å². The maximum Gasteiger partial charge on any atom is 0.308 e. The zero-order valence-electron chi connectivity index (χ0n) is 11.6. The van der Waals surface area contributed by atoms with E-state index in [-0.39, 0.29) is 5.91 Å². The maximum atomic E-state index is 12.0. The highest BCUT2D eigenvalue weighted by molar-refractivity contribution is 5.77. The van der Waals surface area contributed by atoms with Gasteiger partial charge in [-0.25, -0.2) is 0 Å². The Morgan fingerprint density at radius 3 is 1.88 bits per heavy atom. The van der Waals surface area contributed by atoms with Gasteiger partial charge in [-0.15, -0.1) is 0 Å². The molecule has 100 valence electrons. The number of aliphatic carboxylic acids is 1. The van der Waals surface area contributed by atoms with Crippen LogP contribution in [0.2, 0.25) is 0 Å². The molecule has 0 aliphatic rings. The highest BCUT2D eigenvalue weighted by Crippen LogP contribution is 2.10. The number of carboxylic acids is 1. The van der Waals surface area contributed by atoms with Gasteiger partial charge in [0, 0.05) is 19.5 Å². The van der Waals surface area contributed by atoms with E-state index in [0.29, 0.717) is 31.3 Å². The molecule has 4 nitrogen and oxygen atoms in total. The molecular formula is C13H25NO3. The average molecular weight is 243 g/mol. The molecule has 0 rings (SSSR count). The Bertz CT molecular complexity index is 261. The molecular weight excluding hydrogens is 218 g/mol. The van der Waals surface area contributed by atoms with E-state index in [0.717, 1.165) is 0 Å². The summed E-state index contributed by atoms with van der Waals surface area (Å²) in [5.74, 6) is -0.646. The number of nitrogens with zero attached hydrogens (tertiary/aromatic N) is 1. The van der Waals surface area contributed by atoms with Crippen molar-refractivity contribution in [1.82, 2.24) is 4.90 Å². The lowest BCUT2D eigenvalue weighted by molar-refractivity contribution is -0.143. The zero-order chi connectivity index (χ0) is 13.6. The SMILES string of the molecule is CC(C)CC(=O)N(CC(C)C)CC(C)C(=O)O. The second-order valence-corrected chi connectivity index (χ2v) is 5.53. The van der Waals surface area contributed by atoms with Gasteiger partial charge in [-0.2, -0.15) is 0 Å². The molecule has 1 unspecified atom stereocenters. The van der Waals surface area contributed by atoms with Crippen LogP contribution in [0.5, 0.6) is 0 Å². The van der Waals surface area contributed by atoms with Gasteiger partial charge in [0.05, 0.1) is 5.92 Å². The Morgan fingerprint density at radius 2 is 1.53 bits per heavy atom. The summed E-state index contributed by atoms with van der Waals surface area (Å²) in [6, 6.07) is 0. The Labute approximate surface area is 104 Å². The molecule has 0 aromatic rings. The van der Waals surface area contributed by atoms with Gasteiger partial charge in [0.15, 0.2) is 0 Å². The van der Waals surface area contributed by atoms with Crippen LogP contribution in [0.4, 0.5) is 0 Å². The maximum absolute atomic E-state index is 12.0. The van der Waals surface area contributed by atoms with Crippen LogP contribution in [0, 0.1) is 17.8 Å². The van der Waals surface area contributed by atoms with Crippen LogP contribution in [0.1, 0.15) is 41.0 Å². The van der Waals surface area contributed by atoms with Gasteiger partial charge in [-0.05, 0) is 11.8 Å². The molecule has 4 heteroatoms. The van der Waals surface area contributed by atoms with Gasteiger partial charge in [0.1, 0.15) is 0 Å². The van der Waals surface area contributed by atoms with Crippen molar-refractivity contribution in [3.05, 3.63) is 0 Å². The van der Waals surface area contributed by atoms with Gasteiger partial charge in [0.2, 0.25) is 5.91 Å². The highest BCUT2D eigenvalue weighted by Gasteiger charge is 2.21. The van der Waals surface area contributed by atoms with E-state index < -0.39 is 11.9 Å². The first-order chi connectivity index (χ1) is 7.73. The first-order valence-corrected chi connectivity index (χ1v) is 6.24. The van der Waals surface area contributed by atoms with E-state index in [1.807, 2.05) is 27.7 Å². The van der Waals surface area contributed by atoms with Crippen LogP contribution in [-0.4, -0.2) is 35.0 Å². The van der Waals surface area contributed by atoms with Crippen molar-refractivity contribution in [3.8, 4) is 0 Å². The molecule has 0 aromatic heterocycles. The minimum atomic E-state index is -0.851. The first kappa shape index (κ1) is 15.9. The van der Waals surface area contributed by atoms with Crippen molar-refractivity contribution in [3.63, 3.8) is 0 Å². The minimum absolute atomic E-state index is 0.0572. The van der Waals surface area contributed by atoms with E-state index in [1.165, 1.54) is 0 Å². The molecule has 0 heterocycles. The molecule has 1 atom stereocenters. The van der Waals surface area contributed by atoms with Crippen LogP contribution in [0.25, 0.3) is 0 Å². The van der Waals surface area contributed by atoms with Crippen molar-refractivity contribution in [2.75, 3.05) is 13.1 Å². The topological polar surface area (TPSA) is 57.6 Å². The number of carboxylic acid groups (broad SMARTS) is 1. The number of carbonyl (C=O) groups is 2. The smallest absolute Gasteiger partial charge is 0.308 e. The predicted molar refractivity (Wildman–Crippen MR) is 67.7 cm³/mol. The highest BCUT2D eigenvalue weighted by atomic mass is 16.4. The van der Waals surface area contributed by atoms with Crippen molar-refractivity contribution < 1.29 is 14.7 Å². The normalized spacial score (nSPS) is 12.9. The number of amides is 1. The van der Waals surface area contributed by atoms with Gasteiger partial charge >= 0.3 is 5.97 Å². The van der Waals surface area contributed by atoms with Gasteiger partial charge < -0.3 is 10.0 Å². The summed E-state index contributed by atoms with van der Waals surface area (Å²) in [5.41, 5.74) is 0. The van der Waals surface area contributed by atoms with Gasteiger partial charge in [-0.3, -0.25) is 9.59 Å². The molecule has 0 fully saturated rings. The van der Waals surface area contributed by atoms with Crippen LogP contribution in [-0.2, 0) is 9.59 Å². The number of hydrogen-bond acceptors (Lipinski definition) is 2. The van der Waals surface area contributed by atoms with Crippen molar-refractivity contribution >= 4 is 11.9 Å². The summed E-state index contributed by atoms with van der Waals surface area (Å²) in [7, 11) is 0. The van der Waals surface area contributed by atoms with E-state index in [1.54, 1.807) is 11.8 Å². The summed E-state index contributed by atoms with van der Waals surface area (Å²) in [6.45, 7) is 10.6. The summed E-state index contributed by atoms with van der Waals surface area (Å²) in [5, 5.41) is 8.89. The molecule has 0 aliphatic heterocycles.